The molecule has 7 heteroatoms. The van der Waals surface area contributed by atoms with Crippen molar-refractivity contribution in [3.8, 4) is 0 Å². The first-order valence-electron chi connectivity index (χ1n) is 9.36. The van der Waals surface area contributed by atoms with Gasteiger partial charge >= 0.3 is 5.69 Å². The number of ether oxygens (including phenoxy) is 1. The minimum atomic E-state index is -0.191. The lowest BCUT2D eigenvalue weighted by Crippen LogP contribution is -2.44. The predicted octanol–water partition coefficient (Wildman–Crippen LogP) is 1.80. The van der Waals surface area contributed by atoms with E-state index in [1.807, 2.05) is 6.92 Å². The minimum Gasteiger partial charge on any atom is -0.497 e. The highest BCUT2D eigenvalue weighted by Crippen LogP contribution is 2.28. The fraction of sp³-hybridized carbons (Fsp3) is 0.722. The van der Waals surface area contributed by atoms with Crippen LogP contribution in [0.3, 0.4) is 0 Å². The number of aromatic nitrogens is 3. The van der Waals surface area contributed by atoms with Crippen LogP contribution in [-0.4, -0.2) is 33.3 Å². The topological polar surface area (TPSA) is 89.0 Å². The SMILES string of the molecule is CCC1=C(C(=O)N[C@@H]2CCCC[C@@H]2Cc2n[nH]c(=O)n2C)CCCO1. The predicted molar refractivity (Wildman–Crippen MR) is 93.9 cm³/mol. The Morgan fingerprint density at radius 3 is 2.88 bits per heavy atom. The Balaban J connectivity index is 1.70. The van der Waals surface area contributed by atoms with E-state index in [-0.39, 0.29) is 17.6 Å². The maximum atomic E-state index is 12.8. The summed E-state index contributed by atoms with van der Waals surface area (Å²) in [5.41, 5.74) is 0.619. The highest BCUT2D eigenvalue weighted by Gasteiger charge is 2.30. The van der Waals surface area contributed by atoms with E-state index >= 15 is 0 Å². The normalized spacial score (nSPS) is 24.1. The van der Waals surface area contributed by atoms with Crippen LogP contribution < -0.4 is 11.0 Å². The van der Waals surface area contributed by atoms with Crippen LogP contribution in [0, 0.1) is 5.92 Å². The quantitative estimate of drug-likeness (QED) is 0.849. The number of rotatable bonds is 5. The number of nitrogens with one attached hydrogen (secondary N) is 2. The van der Waals surface area contributed by atoms with E-state index in [0.29, 0.717) is 18.9 Å². The van der Waals surface area contributed by atoms with Crippen molar-refractivity contribution in [3.05, 3.63) is 27.6 Å². The lowest BCUT2D eigenvalue weighted by atomic mass is 9.82. The molecule has 1 aliphatic heterocycles. The van der Waals surface area contributed by atoms with Crippen molar-refractivity contribution in [3.63, 3.8) is 0 Å². The molecule has 1 aliphatic carbocycles. The fourth-order valence-electron chi connectivity index (χ4n) is 3.92. The number of nitrogens with zero attached hydrogens (tertiary/aromatic N) is 2. The number of aromatic amines is 1. The van der Waals surface area contributed by atoms with Crippen molar-refractivity contribution in [2.45, 2.75) is 64.3 Å². The Kier molecular flexibility index (Phi) is 5.60. The van der Waals surface area contributed by atoms with Gasteiger partial charge in [0.15, 0.2) is 0 Å². The van der Waals surface area contributed by atoms with E-state index in [9.17, 15) is 9.59 Å². The van der Waals surface area contributed by atoms with Crippen LogP contribution in [0.4, 0.5) is 0 Å². The summed E-state index contributed by atoms with van der Waals surface area (Å²) in [7, 11) is 1.73. The van der Waals surface area contributed by atoms with Gasteiger partial charge < -0.3 is 10.1 Å². The van der Waals surface area contributed by atoms with Crippen LogP contribution in [-0.2, 0) is 23.0 Å². The van der Waals surface area contributed by atoms with Gasteiger partial charge in [-0.1, -0.05) is 19.8 Å². The molecule has 0 bridgehead atoms. The molecule has 0 unspecified atom stereocenters. The summed E-state index contributed by atoms with van der Waals surface area (Å²) in [6, 6.07) is 0.126. The van der Waals surface area contributed by atoms with Crippen LogP contribution in [0.5, 0.6) is 0 Å². The molecule has 1 amide bonds. The van der Waals surface area contributed by atoms with Crippen LogP contribution in [0.15, 0.2) is 16.1 Å². The van der Waals surface area contributed by atoms with Gasteiger partial charge in [-0.2, -0.15) is 5.10 Å². The van der Waals surface area contributed by atoms with Gasteiger partial charge in [0, 0.05) is 25.9 Å². The first kappa shape index (κ1) is 17.8. The number of allylic oxidation sites excluding steroid dienone is 1. The van der Waals surface area contributed by atoms with Crippen molar-refractivity contribution in [1.82, 2.24) is 20.1 Å². The van der Waals surface area contributed by atoms with Crippen LogP contribution in [0.25, 0.3) is 0 Å². The van der Waals surface area contributed by atoms with Gasteiger partial charge in [-0.3, -0.25) is 9.36 Å². The molecule has 0 spiro atoms. The van der Waals surface area contributed by atoms with Gasteiger partial charge in [-0.15, -0.1) is 0 Å². The van der Waals surface area contributed by atoms with Gasteiger partial charge in [0.05, 0.1) is 12.2 Å². The van der Waals surface area contributed by atoms with Crippen LogP contribution in [0.1, 0.15) is 57.7 Å². The molecular weight excluding hydrogens is 320 g/mol. The van der Waals surface area contributed by atoms with Crippen molar-refractivity contribution >= 4 is 5.91 Å². The lowest BCUT2D eigenvalue weighted by Gasteiger charge is -2.32. The summed E-state index contributed by atoms with van der Waals surface area (Å²) in [6.07, 6.45) is 7.45. The fourth-order valence-corrected chi connectivity index (χ4v) is 3.92. The number of hydrogen-bond donors (Lipinski definition) is 2. The summed E-state index contributed by atoms with van der Waals surface area (Å²) >= 11 is 0. The number of carbonyl (C=O) groups is 1. The van der Waals surface area contributed by atoms with E-state index in [0.717, 1.165) is 62.1 Å². The van der Waals surface area contributed by atoms with Crippen molar-refractivity contribution in [2.24, 2.45) is 13.0 Å². The van der Waals surface area contributed by atoms with E-state index in [1.54, 1.807) is 11.6 Å². The third-order valence-corrected chi connectivity index (χ3v) is 5.42. The van der Waals surface area contributed by atoms with E-state index in [4.69, 9.17) is 4.74 Å². The molecule has 2 atom stereocenters. The van der Waals surface area contributed by atoms with Crippen molar-refractivity contribution in [2.75, 3.05) is 6.61 Å². The molecule has 7 nitrogen and oxygen atoms in total. The maximum Gasteiger partial charge on any atom is 0.343 e. The lowest BCUT2D eigenvalue weighted by molar-refractivity contribution is -0.119. The van der Waals surface area contributed by atoms with Crippen LogP contribution >= 0.6 is 0 Å². The number of hydrogen-bond acceptors (Lipinski definition) is 4. The smallest absolute Gasteiger partial charge is 0.343 e. The zero-order chi connectivity index (χ0) is 17.8. The van der Waals surface area contributed by atoms with E-state index in [1.165, 1.54) is 0 Å². The van der Waals surface area contributed by atoms with Crippen molar-refractivity contribution in [1.29, 1.82) is 0 Å². The van der Waals surface area contributed by atoms with Gasteiger partial charge in [0.25, 0.3) is 5.91 Å². The number of carbonyl (C=O) groups excluding carboxylic acids is 1. The molecule has 138 valence electrons. The summed E-state index contributed by atoms with van der Waals surface area (Å²) in [5, 5.41) is 9.86. The molecule has 3 rings (SSSR count). The summed E-state index contributed by atoms with van der Waals surface area (Å²) in [6.45, 7) is 2.73. The van der Waals surface area contributed by atoms with Gasteiger partial charge in [-0.25, -0.2) is 9.89 Å². The molecule has 2 N–H and O–H groups in total. The summed E-state index contributed by atoms with van der Waals surface area (Å²) in [5.74, 6) is 1.92. The van der Waals surface area contributed by atoms with Gasteiger partial charge in [0.2, 0.25) is 0 Å². The standard InChI is InChI=1S/C18H28N4O3/c1-3-15-13(8-6-10-25-15)17(23)19-14-9-5-4-7-12(14)11-16-20-21-18(24)22(16)2/h12,14H,3-11H2,1-2H3,(H,19,23)(H,21,24)/t12-,14-/m1/s1. The zero-order valence-corrected chi connectivity index (χ0v) is 15.1. The van der Waals surface area contributed by atoms with Gasteiger partial charge in [-0.05, 0) is 31.6 Å². The monoisotopic (exact) mass is 348 g/mol. The average molecular weight is 348 g/mol. The van der Waals surface area contributed by atoms with Gasteiger partial charge in [0.1, 0.15) is 11.6 Å². The second kappa shape index (κ2) is 7.89. The Morgan fingerprint density at radius 1 is 1.36 bits per heavy atom. The molecule has 2 aliphatic rings. The summed E-state index contributed by atoms with van der Waals surface area (Å²) in [4.78, 5) is 24.4. The molecule has 0 aromatic carbocycles. The highest BCUT2D eigenvalue weighted by atomic mass is 16.5. The van der Waals surface area contributed by atoms with E-state index in [2.05, 4.69) is 15.5 Å². The highest BCUT2D eigenvalue weighted by molar-refractivity contribution is 5.94. The minimum absolute atomic E-state index is 0.0179. The Hall–Kier alpha value is -2.05. The molecular formula is C18H28N4O3. The first-order valence-corrected chi connectivity index (χ1v) is 9.36. The third-order valence-electron chi connectivity index (χ3n) is 5.42. The number of amides is 1. The largest absolute Gasteiger partial charge is 0.497 e. The molecule has 0 saturated heterocycles. The molecule has 1 aromatic heterocycles. The van der Waals surface area contributed by atoms with E-state index < -0.39 is 0 Å². The first-order chi connectivity index (χ1) is 12.1. The maximum absolute atomic E-state index is 12.8. The van der Waals surface area contributed by atoms with Crippen LogP contribution in [0.2, 0.25) is 0 Å². The molecule has 1 fully saturated rings. The zero-order valence-electron chi connectivity index (χ0n) is 15.1. The molecule has 1 saturated carbocycles. The molecule has 0 radical (unpaired) electrons. The Labute approximate surface area is 147 Å². The second-order valence-corrected chi connectivity index (χ2v) is 7.04. The summed E-state index contributed by atoms with van der Waals surface area (Å²) < 4.78 is 7.21. The Bertz CT molecular complexity index is 703. The number of H-pyrrole nitrogens is 1. The second-order valence-electron chi connectivity index (χ2n) is 7.04. The average Bonchev–Trinajstić information content (AvgIpc) is 2.95. The molecule has 25 heavy (non-hydrogen) atoms. The Morgan fingerprint density at radius 2 is 2.16 bits per heavy atom. The molecule has 1 aromatic rings. The molecule has 2 heterocycles. The third kappa shape index (κ3) is 3.96. The van der Waals surface area contributed by atoms with Crippen molar-refractivity contribution < 1.29 is 9.53 Å².